The molecule has 4 rings (SSSR count). The first-order valence-electron chi connectivity index (χ1n) is 9.45. The number of nitrogens with zero attached hydrogens (tertiary/aromatic N) is 1. The van der Waals surface area contributed by atoms with Gasteiger partial charge in [-0.1, -0.05) is 24.3 Å². The molecule has 1 aliphatic heterocycles. The summed E-state index contributed by atoms with van der Waals surface area (Å²) in [6.45, 7) is 3.74. The highest BCUT2D eigenvalue weighted by Crippen LogP contribution is 2.35. The quantitative estimate of drug-likeness (QED) is 0.594. The van der Waals surface area contributed by atoms with E-state index in [0.29, 0.717) is 10.6 Å². The van der Waals surface area contributed by atoms with Crippen LogP contribution in [0.3, 0.4) is 0 Å². The van der Waals surface area contributed by atoms with Crippen molar-refractivity contribution in [1.29, 1.82) is 0 Å². The van der Waals surface area contributed by atoms with Gasteiger partial charge in [0.25, 0.3) is 11.8 Å². The molecule has 0 aliphatic carbocycles. The van der Waals surface area contributed by atoms with Gasteiger partial charge in [-0.25, -0.2) is 18.1 Å². The van der Waals surface area contributed by atoms with Crippen molar-refractivity contribution >= 4 is 28.8 Å². The van der Waals surface area contributed by atoms with Gasteiger partial charge >= 0.3 is 0 Å². The highest BCUT2D eigenvalue weighted by molar-refractivity contribution is 6.46. The summed E-state index contributed by atoms with van der Waals surface area (Å²) in [5.74, 6) is -3.91. The van der Waals surface area contributed by atoms with E-state index in [4.69, 9.17) is 0 Å². The Kier molecular flexibility index (Phi) is 5.10. The Labute approximate surface area is 176 Å². The lowest BCUT2D eigenvalue weighted by molar-refractivity contribution is -0.120. The standard InChI is InChI=1S/C24H17F3N2O2/c1-13-4-3-5-19(14(13)2)28-22-21(15-6-8-16(25)9-7-15)23(30)29(24(22)31)20-12-17(26)10-11-18(20)27/h3-12,28H,1-2H3. The minimum Gasteiger partial charge on any atom is -0.350 e. The van der Waals surface area contributed by atoms with E-state index in [1.165, 1.54) is 12.1 Å². The molecule has 0 atom stereocenters. The number of benzene rings is 3. The van der Waals surface area contributed by atoms with Crippen LogP contribution in [0.2, 0.25) is 0 Å². The summed E-state index contributed by atoms with van der Waals surface area (Å²) < 4.78 is 41.6. The van der Waals surface area contributed by atoms with E-state index in [9.17, 15) is 22.8 Å². The number of amides is 2. The van der Waals surface area contributed by atoms with Crippen LogP contribution in [-0.2, 0) is 9.59 Å². The van der Waals surface area contributed by atoms with E-state index in [0.717, 1.165) is 41.5 Å². The lowest BCUT2D eigenvalue weighted by Gasteiger charge is -2.17. The number of carbonyl (C=O) groups excluding carboxylic acids is 2. The predicted molar refractivity (Wildman–Crippen MR) is 112 cm³/mol. The number of imide groups is 1. The molecule has 1 heterocycles. The van der Waals surface area contributed by atoms with Gasteiger partial charge in [0.1, 0.15) is 23.1 Å². The second-order valence-corrected chi connectivity index (χ2v) is 7.17. The summed E-state index contributed by atoms with van der Waals surface area (Å²) in [6, 6.07) is 13.0. The summed E-state index contributed by atoms with van der Waals surface area (Å²) in [5.41, 5.74) is 2.00. The minimum absolute atomic E-state index is 0.0606. The number of hydrogen-bond acceptors (Lipinski definition) is 3. The molecule has 0 radical (unpaired) electrons. The minimum atomic E-state index is -0.922. The fraction of sp³-hybridized carbons (Fsp3) is 0.0833. The number of hydrogen-bond donors (Lipinski definition) is 1. The van der Waals surface area contributed by atoms with Crippen LogP contribution in [-0.4, -0.2) is 11.8 Å². The van der Waals surface area contributed by atoms with Gasteiger partial charge in [-0.05, 0) is 60.9 Å². The summed E-state index contributed by atoms with van der Waals surface area (Å²) in [5, 5.41) is 2.98. The fourth-order valence-electron chi connectivity index (χ4n) is 3.43. The third-order valence-electron chi connectivity index (χ3n) is 5.23. The van der Waals surface area contributed by atoms with Crippen LogP contribution in [0.1, 0.15) is 16.7 Å². The second kappa shape index (κ2) is 7.75. The summed E-state index contributed by atoms with van der Waals surface area (Å²) in [7, 11) is 0. The SMILES string of the molecule is Cc1cccc(NC2=C(c3ccc(F)cc3)C(=O)N(c3cc(F)ccc3F)C2=O)c1C. The van der Waals surface area contributed by atoms with E-state index < -0.39 is 35.0 Å². The van der Waals surface area contributed by atoms with E-state index in [-0.39, 0.29) is 16.8 Å². The average molecular weight is 422 g/mol. The van der Waals surface area contributed by atoms with Crippen molar-refractivity contribution in [2.24, 2.45) is 0 Å². The Hall–Kier alpha value is -3.87. The smallest absolute Gasteiger partial charge is 0.282 e. The molecule has 0 saturated carbocycles. The molecule has 0 unspecified atom stereocenters. The van der Waals surface area contributed by atoms with Crippen molar-refractivity contribution in [1.82, 2.24) is 0 Å². The van der Waals surface area contributed by atoms with Gasteiger partial charge in [0, 0.05) is 11.8 Å². The average Bonchev–Trinajstić information content (AvgIpc) is 2.98. The molecule has 0 spiro atoms. The Morgan fingerprint density at radius 2 is 1.48 bits per heavy atom. The zero-order chi connectivity index (χ0) is 22.3. The van der Waals surface area contributed by atoms with Crippen LogP contribution in [0.4, 0.5) is 24.5 Å². The van der Waals surface area contributed by atoms with Crippen LogP contribution in [0.25, 0.3) is 5.57 Å². The molecule has 0 fully saturated rings. The first-order valence-corrected chi connectivity index (χ1v) is 9.45. The predicted octanol–water partition coefficient (Wildman–Crippen LogP) is 5.12. The highest BCUT2D eigenvalue weighted by atomic mass is 19.1. The Morgan fingerprint density at radius 1 is 0.806 bits per heavy atom. The Morgan fingerprint density at radius 3 is 2.19 bits per heavy atom. The lowest BCUT2D eigenvalue weighted by Crippen LogP contribution is -2.33. The molecule has 3 aromatic rings. The monoisotopic (exact) mass is 422 g/mol. The van der Waals surface area contributed by atoms with E-state index in [1.54, 1.807) is 12.1 Å². The van der Waals surface area contributed by atoms with Crippen LogP contribution >= 0.6 is 0 Å². The lowest BCUT2D eigenvalue weighted by atomic mass is 10.0. The number of carbonyl (C=O) groups is 2. The van der Waals surface area contributed by atoms with Crippen LogP contribution in [0.15, 0.2) is 66.4 Å². The van der Waals surface area contributed by atoms with Crippen molar-refractivity contribution < 1.29 is 22.8 Å². The number of nitrogens with one attached hydrogen (secondary N) is 1. The van der Waals surface area contributed by atoms with E-state index in [1.807, 2.05) is 19.9 Å². The summed E-state index contributed by atoms with van der Waals surface area (Å²) in [6.07, 6.45) is 0. The van der Waals surface area contributed by atoms with Crippen molar-refractivity contribution in [3.63, 3.8) is 0 Å². The van der Waals surface area contributed by atoms with Crippen LogP contribution in [0.5, 0.6) is 0 Å². The molecule has 156 valence electrons. The maximum Gasteiger partial charge on any atom is 0.282 e. The maximum atomic E-state index is 14.4. The number of anilines is 2. The van der Waals surface area contributed by atoms with Crippen LogP contribution in [0, 0.1) is 31.3 Å². The van der Waals surface area contributed by atoms with Crippen LogP contribution < -0.4 is 10.2 Å². The van der Waals surface area contributed by atoms with Crippen molar-refractivity contribution in [3.05, 3.63) is 101 Å². The molecule has 1 aliphatic rings. The third-order valence-corrected chi connectivity index (χ3v) is 5.23. The molecule has 4 nitrogen and oxygen atoms in total. The van der Waals surface area contributed by atoms with Gasteiger partial charge < -0.3 is 5.32 Å². The van der Waals surface area contributed by atoms with Crippen molar-refractivity contribution in [2.45, 2.75) is 13.8 Å². The number of halogens is 3. The molecule has 2 amide bonds. The molecular formula is C24H17F3N2O2. The van der Waals surface area contributed by atoms with Crippen molar-refractivity contribution in [2.75, 3.05) is 10.2 Å². The van der Waals surface area contributed by atoms with Gasteiger partial charge in [0.15, 0.2) is 0 Å². The van der Waals surface area contributed by atoms with Gasteiger partial charge in [-0.15, -0.1) is 0 Å². The zero-order valence-corrected chi connectivity index (χ0v) is 16.7. The summed E-state index contributed by atoms with van der Waals surface area (Å²) in [4.78, 5) is 27.1. The molecule has 0 bridgehead atoms. The van der Waals surface area contributed by atoms with Gasteiger partial charge in [0.05, 0.1) is 11.3 Å². The number of aryl methyl sites for hydroxylation is 1. The topological polar surface area (TPSA) is 49.4 Å². The molecule has 1 N–H and O–H groups in total. The molecule has 0 aromatic heterocycles. The van der Waals surface area contributed by atoms with E-state index >= 15 is 0 Å². The second-order valence-electron chi connectivity index (χ2n) is 7.17. The first kappa shape index (κ1) is 20.4. The molecule has 7 heteroatoms. The Bertz CT molecular complexity index is 1250. The Balaban J connectivity index is 1.88. The molecule has 0 saturated heterocycles. The normalized spacial score (nSPS) is 13.9. The molecule has 31 heavy (non-hydrogen) atoms. The molecular weight excluding hydrogens is 405 g/mol. The maximum absolute atomic E-state index is 14.4. The third kappa shape index (κ3) is 3.59. The molecule has 3 aromatic carbocycles. The van der Waals surface area contributed by atoms with Gasteiger partial charge in [-0.3, -0.25) is 9.59 Å². The zero-order valence-electron chi connectivity index (χ0n) is 16.7. The van der Waals surface area contributed by atoms with E-state index in [2.05, 4.69) is 5.32 Å². The van der Waals surface area contributed by atoms with Gasteiger partial charge in [-0.2, -0.15) is 0 Å². The number of rotatable bonds is 4. The highest BCUT2D eigenvalue weighted by Gasteiger charge is 2.41. The first-order chi connectivity index (χ1) is 14.8. The fourth-order valence-corrected chi connectivity index (χ4v) is 3.43. The van der Waals surface area contributed by atoms with Crippen molar-refractivity contribution in [3.8, 4) is 0 Å². The largest absolute Gasteiger partial charge is 0.350 e. The summed E-state index contributed by atoms with van der Waals surface area (Å²) >= 11 is 0. The van der Waals surface area contributed by atoms with Gasteiger partial charge in [0.2, 0.25) is 0 Å².